The van der Waals surface area contributed by atoms with Gasteiger partial charge in [-0.2, -0.15) is 0 Å². The molecule has 0 aliphatic carbocycles. The van der Waals surface area contributed by atoms with Gasteiger partial charge < -0.3 is 4.90 Å². The molecule has 0 aromatic heterocycles. The third-order valence-electron chi connectivity index (χ3n) is 2.20. The molecule has 6 heteroatoms. The van der Waals surface area contributed by atoms with E-state index in [9.17, 15) is 4.79 Å². The zero-order valence-electron chi connectivity index (χ0n) is 7.43. The minimum atomic E-state index is -0.442. The normalized spacial score (nSPS) is 29.7. The van der Waals surface area contributed by atoms with Crippen LogP contribution in [0.4, 0.5) is 0 Å². The summed E-state index contributed by atoms with van der Waals surface area (Å²) in [4.78, 5) is 13.7. The molecule has 1 aliphatic rings. The Morgan fingerprint density at radius 2 is 2.29 bits per heavy atom. The van der Waals surface area contributed by atoms with E-state index in [1.165, 1.54) is 0 Å². The van der Waals surface area contributed by atoms with Gasteiger partial charge in [-0.25, -0.2) is 0 Å². The van der Waals surface area contributed by atoms with Gasteiger partial charge in [0, 0.05) is 35.0 Å². The number of carbonyl (C=O) groups is 1. The van der Waals surface area contributed by atoms with Crippen LogP contribution in [0.3, 0.4) is 0 Å². The maximum atomic E-state index is 11.6. The fourth-order valence-corrected chi connectivity index (χ4v) is 2.65. The van der Waals surface area contributed by atoms with Crippen LogP contribution in [0.1, 0.15) is 0 Å². The summed E-state index contributed by atoms with van der Waals surface area (Å²) >= 11 is 18.5. The summed E-state index contributed by atoms with van der Waals surface area (Å²) in [5, 5.41) is 0.373. The Labute approximate surface area is 111 Å². The van der Waals surface area contributed by atoms with Crippen LogP contribution >= 0.6 is 55.1 Å². The Morgan fingerprint density at radius 1 is 1.64 bits per heavy atom. The molecule has 0 spiro atoms. The lowest BCUT2D eigenvalue weighted by Gasteiger charge is -2.18. The lowest BCUT2D eigenvalue weighted by Crippen LogP contribution is -2.33. The van der Waals surface area contributed by atoms with Crippen LogP contribution in [-0.2, 0) is 4.79 Å². The van der Waals surface area contributed by atoms with Crippen LogP contribution in [0.2, 0.25) is 0 Å². The van der Waals surface area contributed by atoms with Crippen molar-refractivity contribution in [3.8, 4) is 0 Å². The molecule has 1 amide bonds. The van der Waals surface area contributed by atoms with E-state index < -0.39 is 5.38 Å². The number of nitrogens with zero attached hydrogens (tertiary/aromatic N) is 1. The van der Waals surface area contributed by atoms with Gasteiger partial charge >= 0.3 is 0 Å². The highest BCUT2D eigenvalue weighted by Gasteiger charge is 2.38. The van der Waals surface area contributed by atoms with Gasteiger partial charge in [-0.15, -0.1) is 23.2 Å². The molecule has 0 bridgehead atoms. The second-order valence-electron chi connectivity index (χ2n) is 3.31. The Balaban J connectivity index is 2.52. The summed E-state index contributed by atoms with van der Waals surface area (Å²) in [6.07, 6.45) is 0. The lowest BCUT2D eigenvalue weighted by molar-refractivity contribution is -0.127. The van der Waals surface area contributed by atoms with Crippen LogP contribution < -0.4 is 0 Å². The molecule has 82 valence electrons. The molecular weight excluding hydrogens is 357 g/mol. The van der Waals surface area contributed by atoms with Crippen molar-refractivity contribution in [2.45, 2.75) is 10.2 Å². The van der Waals surface area contributed by atoms with Gasteiger partial charge in [0.25, 0.3) is 0 Å². The predicted octanol–water partition coefficient (Wildman–Crippen LogP) is 2.45. The predicted molar refractivity (Wildman–Crippen MR) is 66.9 cm³/mol. The molecule has 0 N–H and O–H groups in total. The topological polar surface area (TPSA) is 20.3 Å². The number of halogens is 4. The Morgan fingerprint density at radius 3 is 2.71 bits per heavy atom. The first kappa shape index (κ1) is 13.1. The molecule has 1 rings (SSSR count). The monoisotopic (exact) mass is 365 g/mol. The number of likely N-dealkylation sites (tertiary alicyclic amines) is 1. The zero-order chi connectivity index (χ0) is 10.7. The molecule has 1 saturated heterocycles. The quantitative estimate of drug-likeness (QED) is 0.699. The van der Waals surface area contributed by atoms with Crippen LogP contribution in [0.5, 0.6) is 0 Å². The van der Waals surface area contributed by atoms with Crippen molar-refractivity contribution >= 4 is 61.0 Å². The summed E-state index contributed by atoms with van der Waals surface area (Å²) in [7, 11) is 0. The van der Waals surface area contributed by atoms with Crippen LogP contribution in [-0.4, -0.2) is 45.3 Å². The number of hydrogen-bond acceptors (Lipinski definition) is 1. The molecule has 3 unspecified atom stereocenters. The zero-order valence-corrected chi connectivity index (χ0v) is 12.1. The number of alkyl halides is 4. The number of rotatable bonds is 4. The van der Waals surface area contributed by atoms with E-state index in [0.29, 0.717) is 19.0 Å². The third kappa shape index (κ3) is 3.00. The maximum Gasteiger partial charge on any atom is 0.241 e. The van der Waals surface area contributed by atoms with Crippen LogP contribution in [0.25, 0.3) is 0 Å². The minimum Gasteiger partial charge on any atom is -0.340 e. The molecule has 1 fully saturated rings. The van der Waals surface area contributed by atoms with Crippen molar-refractivity contribution in [1.82, 2.24) is 4.90 Å². The first-order valence-corrected chi connectivity index (χ1v) is 7.29. The van der Waals surface area contributed by atoms with Gasteiger partial charge in [0.1, 0.15) is 5.38 Å². The second kappa shape index (κ2) is 5.92. The lowest BCUT2D eigenvalue weighted by atomic mass is 10.1. The molecule has 1 heterocycles. The Hall–Kier alpha value is 1.01. The fourth-order valence-electron chi connectivity index (χ4n) is 1.42. The summed E-state index contributed by atoms with van der Waals surface area (Å²) in [5.41, 5.74) is 0. The average molecular weight is 368 g/mol. The number of hydrogen-bond donors (Lipinski definition) is 0. The highest BCUT2D eigenvalue weighted by Crippen LogP contribution is 2.25. The van der Waals surface area contributed by atoms with E-state index >= 15 is 0 Å². The molecular formula is C8H11Br2Cl2NO. The highest BCUT2D eigenvalue weighted by atomic mass is 79.9. The second-order valence-corrected chi connectivity index (χ2v) is 6.03. The minimum absolute atomic E-state index is 0.00252. The summed E-state index contributed by atoms with van der Waals surface area (Å²) in [6, 6.07) is 0. The van der Waals surface area contributed by atoms with Crippen molar-refractivity contribution in [2.24, 2.45) is 5.92 Å². The molecule has 0 aromatic carbocycles. The first-order valence-electron chi connectivity index (χ1n) is 4.29. The van der Waals surface area contributed by atoms with Crippen LogP contribution in [0, 0.1) is 5.92 Å². The van der Waals surface area contributed by atoms with E-state index in [-0.39, 0.29) is 16.7 Å². The first-order chi connectivity index (χ1) is 6.60. The van der Waals surface area contributed by atoms with E-state index in [1.807, 2.05) is 0 Å². The maximum absolute atomic E-state index is 11.6. The van der Waals surface area contributed by atoms with Crippen molar-refractivity contribution in [1.29, 1.82) is 0 Å². The van der Waals surface area contributed by atoms with E-state index in [0.717, 1.165) is 5.33 Å². The van der Waals surface area contributed by atoms with Gasteiger partial charge in [-0.1, -0.05) is 31.9 Å². The molecule has 14 heavy (non-hydrogen) atoms. The third-order valence-corrected chi connectivity index (χ3v) is 5.40. The Bertz CT molecular complexity index is 216. The van der Waals surface area contributed by atoms with Crippen molar-refractivity contribution in [3.63, 3.8) is 0 Å². The SMILES string of the molecule is O=C1C(Cl)C(CCl)CN1CC(Br)CBr. The van der Waals surface area contributed by atoms with Crippen molar-refractivity contribution in [3.05, 3.63) is 0 Å². The highest BCUT2D eigenvalue weighted by molar-refractivity contribution is 9.12. The summed E-state index contributed by atoms with van der Waals surface area (Å²) in [5.74, 6) is 0.529. The van der Waals surface area contributed by atoms with E-state index in [4.69, 9.17) is 23.2 Å². The van der Waals surface area contributed by atoms with Gasteiger partial charge in [0.2, 0.25) is 5.91 Å². The van der Waals surface area contributed by atoms with E-state index in [2.05, 4.69) is 31.9 Å². The molecule has 0 saturated carbocycles. The molecule has 3 atom stereocenters. The Kier molecular flexibility index (Phi) is 5.53. The smallest absolute Gasteiger partial charge is 0.241 e. The van der Waals surface area contributed by atoms with Gasteiger partial charge in [0.15, 0.2) is 0 Å². The number of carbonyl (C=O) groups excluding carboxylic acids is 1. The summed E-state index contributed by atoms with van der Waals surface area (Å²) < 4.78 is 0. The summed E-state index contributed by atoms with van der Waals surface area (Å²) in [6.45, 7) is 1.35. The van der Waals surface area contributed by atoms with Gasteiger partial charge in [-0.3, -0.25) is 4.79 Å². The van der Waals surface area contributed by atoms with Crippen molar-refractivity contribution in [2.75, 3.05) is 24.3 Å². The van der Waals surface area contributed by atoms with Gasteiger partial charge in [-0.05, 0) is 0 Å². The molecule has 0 aromatic rings. The van der Waals surface area contributed by atoms with Crippen molar-refractivity contribution < 1.29 is 4.79 Å². The van der Waals surface area contributed by atoms with Crippen LogP contribution in [0.15, 0.2) is 0 Å². The standard InChI is InChI=1S/C8H11Br2Cl2NO/c9-1-6(10)4-13-3-5(2-11)7(12)8(13)14/h5-7H,1-4H2. The molecule has 1 aliphatic heterocycles. The van der Waals surface area contributed by atoms with Gasteiger partial charge in [0.05, 0.1) is 0 Å². The largest absolute Gasteiger partial charge is 0.340 e. The average Bonchev–Trinajstić information content (AvgIpc) is 2.45. The van der Waals surface area contributed by atoms with E-state index in [1.54, 1.807) is 4.90 Å². The number of amides is 1. The molecule has 0 radical (unpaired) electrons. The molecule has 2 nitrogen and oxygen atoms in total. The fraction of sp³-hybridized carbons (Fsp3) is 0.875.